The molecule has 9 heteroatoms. The molecule has 0 radical (unpaired) electrons. The predicted octanol–water partition coefficient (Wildman–Crippen LogP) is 4.66. The van der Waals surface area contributed by atoms with Crippen molar-refractivity contribution in [2.24, 2.45) is 0 Å². The van der Waals surface area contributed by atoms with Crippen molar-refractivity contribution < 1.29 is 22.7 Å². The number of hydrogen-bond acceptors (Lipinski definition) is 6. The topological polar surface area (TPSA) is 81.7 Å². The van der Waals surface area contributed by atoms with E-state index in [-0.39, 0.29) is 15.5 Å². The minimum Gasteiger partial charge on any atom is -0.497 e. The van der Waals surface area contributed by atoms with Crippen molar-refractivity contribution in [2.75, 3.05) is 18.9 Å². The third-order valence-corrected chi connectivity index (χ3v) is 6.64. The van der Waals surface area contributed by atoms with Gasteiger partial charge in [0.25, 0.3) is 10.0 Å². The number of carbonyl (C=O) groups excluding carboxylic acids is 1. The van der Waals surface area contributed by atoms with Crippen LogP contribution in [-0.4, -0.2) is 28.6 Å². The van der Waals surface area contributed by atoms with E-state index in [2.05, 4.69) is 4.72 Å². The van der Waals surface area contributed by atoms with Gasteiger partial charge in [0.2, 0.25) is 0 Å². The summed E-state index contributed by atoms with van der Waals surface area (Å²) in [6.07, 6.45) is 0. The Morgan fingerprint density at radius 1 is 1.04 bits per heavy atom. The second-order valence-electron chi connectivity index (χ2n) is 5.63. The first kappa shape index (κ1) is 20.2. The Morgan fingerprint density at radius 3 is 2.25 bits per heavy atom. The Kier molecular flexibility index (Phi) is 5.93. The number of hydrogen-bond donors (Lipinski definition) is 1. The van der Waals surface area contributed by atoms with Crippen LogP contribution in [0.3, 0.4) is 0 Å². The van der Waals surface area contributed by atoms with Gasteiger partial charge in [0.1, 0.15) is 10.6 Å². The van der Waals surface area contributed by atoms with Gasteiger partial charge in [-0.3, -0.25) is 4.72 Å². The molecule has 1 N–H and O–H groups in total. The predicted molar refractivity (Wildman–Crippen MR) is 110 cm³/mol. The van der Waals surface area contributed by atoms with E-state index in [4.69, 9.17) is 21.1 Å². The van der Waals surface area contributed by atoms with E-state index in [1.807, 2.05) is 0 Å². The van der Waals surface area contributed by atoms with Crippen LogP contribution in [0.2, 0.25) is 5.02 Å². The van der Waals surface area contributed by atoms with Gasteiger partial charge in [-0.2, -0.15) is 0 Å². The second-order valence-corrected chi connectivity index (χ2v) is 8.80. The standard InChI is InChI=1S/C19H16ClNO5S2/c1-25-14-7-9-15(10-8-14)28(23,24)21-16-11-17(27-18(16)19(22)26-2)12-3-5-13(20)6-4-12/h3-11,21H,1-2H3. The van der Waals surface area contributed by atoms with Crippen molar-refractivity contribution >= 4 is 44.6 Å². The van der Waals surface area contributed by atoms with Crippen molar-refractivity contribution in [2.45, 2.75) is 4.90 Å². The first-order valence-electron chi connectivity index (χ1n) is 7.99. The molecule has 146 valence electrons. The molecule has 3 aromatic rings. The van der Waals surface area contributed by atoms with Crippen LogP contribution in [-0.2, 0) is 14.8 Å². The number of sulfonamides is 1. The van der Waals surface area contributed by atoms with Gasteiger partial charge in [0, 0.05) is 9.90 Å². The van der Waals surface area contributed by atoms with Crippen LogP contribution in [0.4, 0.5) is 5.69 Å². The Morgan fingerprint density at radius 2 is 1.68 bits per heavy atom. The number of ether oxygens (including phenoxy) is 2. The summed E-state index contributed by atoms with van der Waals surface area (Å²) in [5.74, 6) is -0.0904. The molecule has 1 aromatic heterocycles. The Hall–Kier alpha value is -2.55. The van der Waals surface area contributed by atoms with Gasteiger partial charge in [-0.05, 0) is 48.0 Å². The summed E-state index contributed by atoms with van der Waals surface area (Å²) >= 11 is 7.04. The Labute approximate surface area is 171 Å². The molecule has 0 bridgehead atoms. The Balaban J connectivity index is 1.99. The lowest BCUT2D eigenvalue weighted by atomic mass is 10.2. The maximum absolute atomic E-state index is 12.7. The third kappa shape index (κ3) is 4.30. The number of nitrogens with one attached hydrogen (secondary N) is 1. The summed E-state index contributed by atoms with van der Waals surface area (Å²) in [6.45, 7) is 0. The number of thiophene rings is 1. The molecule has 28 heavy (non-hydrogen) atoms. The summed E-state index contributed by atoms with van der Waals surface area (Å²) in [6, 6.07) is 14.5. The zero-order valence-electron chi connectivity index (χ0n) is 14.9. The molecule has 3 rings (SSSR count). The van der Waals surface area contributed by atoms with Crippen LogP contribution < -0.4 is 9.46 Å². The van der Waals surface area contributed by atoms with Gasteiger partial charge in [0.15, 0.2) is 0 Å². The number of esters is 1. The highest BCUT2D eigenvalue weighted by Gasteiger charge is 2.23. The number of carbonyl (C=O) groups is 1. The van der Waals surface area contributed by atoms with E-state index in [0.29, 0.717) is 15.6 Å². The van der Waals surface area contributed by atoms with E-state index in [9.17, 15) is 13.2 Å². The first-order chi connectivity index (χ1) is 13.3. The summed E-state index contributed by atoms with van der Waals surface area (Å²) in [5.41, 5.74) is 0.951. The van der Waals surface area contributed by atoms with E-state index >= 15 is 0 Å². The molecule has 0 atom stereocenters. The van der Waals surface area contributed by atoms with E-state index in [0.717, 1.165) is 16.9 Å². The molecule has 6 nitrogen and oxygen atoms in total. The number of halogens is 1. The molecule has 0 unspecified atom stereocenters. The maximum atomic E-state index is 12.7. The van der Waals surface area contributed by atoms with Crippen molar-refractivity contribution in [1.29, 1.82) is 0 Å². The van der Waals surface area contributed by atoms with Gasteiger partial charge in [-0.25, -0.2) is 13.2 Å². The largest absolute Gasteiger partial charge is 0.497 e. The molecular formula is C19H16ClNO5S2. The van der Waals surface area contributed by atoms with E-state index in [1.165, 1.54) is 26.4 Å². The van der Waals surface area contributed by atoms with Crippen LogP contribution in [0.5, 0.6) is 5.75 Å². The zero-order chi connectivity index (χ0) is 20.3. The SMILES string of the molecule is COC(=O)c1sc(-c2ccc(Cl)cc2)cc1NS(=O)(=O)c1ccc(OC)cc1. The normalized spacial score (nSPS) is 11.1. The van der Waals surface area contributed by atoms with Gasteiger partial charge in [-0.1, -0.05) is 23.7 Å². The minimum atomic E-state index is -3.91. The zero-order valence-corrected chi connectivity index (χ0v) is 17.3. The molecule has 0 amide bonds. The number of benzene rings is 2. The summed E-state index contributed by atoms with van der Waals surface area (Å²) in [4.78, 5) is 13.1. The lowest BCUT2D eigenvalue weighted by Gasteiger charge is -2.08. The molecule has 0 aliphatic rings. The molecule has 0 aliphatic heterocycles. The van der Waals surface area contributed by atoms with Crippen LogP contribution in [0.1, 0.15) is 9.67 Å². The molecule has 1 heterocycles. The van der Waals surface area contributed by atoms with Gasteiger partial charge < -0.3 is 9.47 Å². The molecule has 2 aromatic carbocycles. The fourth-order valence-electron chi connectivity index (χ4n) is 2.43. The fraction of sp³-hybridized carbons (Fsp3) is 0.105. The lowest BCUT2D eigenvalue weighted by molar-refractivity contribution is 0.0607. The summed E-state index contributed by atoms with van der Waals surface area (Å²) in [7, 11) is -1.17. The molecule has 0 saturated heterocycles. The lowest BCUT2D eigenvalue weighted by Crippen LogP contribution is -2.14. The second kappa shape index (κ2) is 8.22. The van der Waals surface area contributed by atoms with Crippen LogP contribution >= 0.6 is 22.9 Å². The Bertz CT molecular complexity index is 1090. The van der Waals surface area contributed by atoms with Gasteiger partial charge >= 0.3 is 5.97 Å². The quantitative estimate of drug-likeness (QED) is 0.567. The minimum absolute atomic E-state index is 0.0448. The monoisotopic (exact) mass is 437 g/mol. The van der Waals surface area contributed by atoms with Crippen molar-refractivity contribution in [3.63, 3.8) is 0 Å². The van der Waals surface area contributed by atoms with E-state index in [1.54, 1.807) is 42.5 Å². The molecule has 0 saturated carbocycles. The fourth-order valence-corrected chi connectivity index (χ4v) is 4.72. The van der Waals surface area contributed by atoms with Crippen LogP contribution in [0.25, 0.3) is 10.4 Å². The smallest absolute Gasteiger partial charge is 0.350 e. The van der Waals surface area contributed by atoms with E-state index < -0.39 is 16.0 Å². The van der Waals surface area contributed by atoms with Crippen molar-refractivity contribution in [1.82, 2.24) is 0 Å². The van der Waals surface area contributed by atoms with Crippen molar-refractivity contribution in [3.05, 3.63) is 64.5 Å². The average molecular weight is 438 g/mol. The summed E-state index contributed by atoms with van der Waals surface area (Å²) in [5, 5.41) is 0.578. The molecular weight excluding hydrogens is 422 g/mol. The maximum Gasteiger partial charge on any atom is 0.350 e. The van der Waals surface area contributed by atoms with Crippen LogP contribution in [0, 0.1) is 0 Å². The molecule has 0 fully saturated rings. The number of methoxy groups -OCH3 is 2. The van der Waals surface area contributed by atoms with Gasteiger partial charge in [-0.15, -0.1) is 11.3 Å². The van der Waals surface area contributed by atoms with Gasteiger partial charge in [0.05, 0.1) is 24.8 Å². The first-order valence-corrected chi connectivity index (χ1v) is 10.7. The van der Waals surface area contributed by atoms with Crippen LogP contribution in [0.15, 0.2) is 59.5 Å². The number of anilines is 1. The highest BCUT2D eigenvalue weighted by atomic mass is 35.5. The average Bonchev–Trinajstić information content (AvgIpc) is 3.11. The highest BCUT2D eigenvalue weighted by molar-refractivity contribution is 7.92. The number of rotatable bonds is 6. The van der Waals surface area contributed by atoms with Crippen molar-refractivity contribution in [3.8, 4) is 16.2 Å². The third-order valence-electron chi connectivity index (χ3n) is 3.85. The molecule has 0 spiro atoms. The molecule has 0 aliphatic carbocycles. The summed E-state index contributed by atoms with van der Waals surface area (Å²) < 4.78 is 37.8. The highest BCUT2D eigenvalue weighted by Crippen LogP contribution is 2.36.